The van der Waals surface area contributed by atoms with Crippen LogP contribution in [0.5, 0.6) is 5.75 Å². The summed E-state index contributed by atoms with van der Waals surface area (Å²) in [7, 11) is 0. The molecule has 1 saturated heterocycles. The van der Waals surface area contributed by atoms with Crippen molar-refractivity contribution in [1.29, 1.82) is 0 Å². The summed E-state index contributed by atoms with van der Waals surface area (Å²) >= 11 is 7.48. The Morgan fingerprint density at radius 2 is 1.59 bits per heavy atom. The maximum atomic E-state index is 13.7. The average Bonchev–Trinajstić information content (AvgIpc) is 3.19. The zero-order valence-corrected chi connectivity index (χ0v) is 22.1. The maximum Gasteiger partial charge on any atom is 0.271 e. The van der Waals surface area contributed by atoms with E-state index in [0.717, 1.165) is 33.6 Å². The van der Waals surface area contributed by atoms with Crippen LogP contribution in [0.15, 0.2) is 107 Å². The van der Waals surface area contributed by atoms with Gasteiger partial charge in [-0.3, -0.25) is 9.69 Å². The topological polar surface area (TPSA) is 41.9 Å². The molecular weight excluding hydrogens is 500 g/mol. The van der Waals surface area contributed by atoms with Gasteiger partial charge >= 0.3 is 0 Å². The van der Waals surface area contributed by atoms with Crippen LogP contribution in [0.4, 0.5) is 11.4 Å². The van der Waals surface area contributed by atoms with Crippen molar-refractivity contribution < 1.29 is 9.53 Å². The Hall–Kier alpha value is -3.80. The maximum absolute atomic E-state index is 13.7. The average molecular weight is 525 g/mol. The summed E-state index contributed by atoms with van der Waals surface area (Å²) in [6, 6.07) is 31.1. The minimum absolute atomic E-state index is 0.121. The Bertz CT molecular complexity index is 1490. The third kappa shape index (κ3) is 5.96. The minimum atomic E-state index is -0.121. The summed E-state index contributed by atoms with van der Waals surface area (Å²) in [6.45, 7) is 4.44. The van der Waals surface area contributed by atoms with E-state index in [4.69, 9.17) is 21.3 Å². The number of rotatable bonds is 6. The normalized spacial score (nSPS) is 15.5. The molecular formula is C31H25ClN2O2S. The number of hydrogen-bond donors (Lipinski definition) is 0. The second kappa shape index (κ2) is 11.1. The molecule has 0 radical (unpaired) electrons. The number of anilines is 1. The number of carbonyl (C=O) groups is 1. The molecule has 1 fully saturated rings. The fourth-order valence-corrected chi connectivity index (χ4v) is 5.07. The molecule has 1 aliphatic heterocycles. The lowest BCUT2D eigenvalue weighted by molar-refractivity contribution is -0.113. The number of para-hydroxylation sites is 1. The number of amides is 1. The fraction of sp³-hybridized carbons (Fsp3) is 0.0968. The van der Waals surface area contributed by atoms with Gasteiger partial charge in [0.2, 0.25) is 0 Å². The highest BCUT2D eigenvalue weighted by molar-refractivity contribution is 8.19. The summed E-state index contributed by atoms with van der Waals surface area (Å²) in [5, 5.41) is 1.28. The fourth-order valence-electron chi connectivity index (χ4n) is 3.86. The molecule has 0 aliphatic carbocycles. The molecule has 184 valence electrons. The first-order valence-corrected chi connectivity index (χ1v) is 13.1. The highest BCUT2D eigenvalue weighted by Gasteiger charge is 2.35. The van der Waals surface area contributed by atoms with Crippen molar-refractivity contribution in [3.63, 3.8) is 0 Å². The van der Waals surface area contributed by atoms with E-state index in [1.807, 2.05) is 117 Å². The molecule has 1 heterocycles. The van der Waals surface area contributed by atoms with Crippen LogP contribution in [-0.4, -0.2) is 11.1 Å². The van der Waals surface area contributed by atoms with Crippen molar-refractivity contribution in [2.24, 2.45) is 4.99 Å². The highest BCUT2D eigenvalue weighted by atomic mass is 35.5. The zero-order valence-electron chi connectivity index (χ0n) is 20.5. The Kier molecular flexibility index (Phi) is 7.45. The molecule has 4 nitrogen and oxygen atoms in total. The monoisotopic (exact) mass is 524 g/mol. The van der Waals surface area contributed by atoms with Crippen LogP contribution in [0, 0.1) is 13.8 Å². The number of nitrogens with zero attached hydrogens (tertiary/aromatic N) is 2. The summed E-state index contributed by atoms with van der Waals surface area (Å²) < 4.78 is 6.11. The number of carbonyl (C=O) groups excluding carboxylic acids is 1. The standard InChI is InChI=1S/C31H25ClN2O2S/c1-21-10-14-26(15-11-21)33-31-34(27-16-12-22(2)13-17-27)30(35)29(37-31)19-24-7-3-4-9-28(24)36-20-23-6-5-8-25(32)18-23/h3-19H,20H2,1-2H3/b29-19-,33-31?. The van der Waals surface area contributed by atoms with Crippen molar-refractivity contribution in [3.05, 3.63) is 129 Å². The van der Waals surface area contributed by atoms with Gasteiger partial charge in [0.05, 0.1) is 16.3 Å². The first-order valence-electron chi connectivity index (χ1n) is 11.9. The van der Waals surface area contributed by atoms with Crippen LogP contribution in [0.3, 0.4) is 0 Å². The Morgan fingerprint density at radius 3 is 2.32 bits per heavy atom. The van der Waals surface area contributed by atoms with Gasteiger partial charge in [-0.1, -0.05) is 77.3 Å². The molecule has 4 aromatic rings. The van der Waals surface area contributed by atoms with E-state index in [-0.39, 0.29) is 5.91 Å². The molecule has 6 heteroatoms. The van der Waals surface area contributed by atoms with Crippen LogP contribution >= 0.6 is 23.4 Å². The summed E-state index contributed by atoms with van der Waals surface area (Å²) in [6.07, 6.45) is 1.87. The molecule has 0 saturated carbocycles. The van der Waals surface area contributed by atoms with Gasteiger partial charge in [-0.25, -0.2) is 4.99 Å². The summed E-state index contributed by atoms with van der Waals surface area (Å²) in [4.78, 5) is 20.8. The molecule has 0 bridgehead atoms. The third-order valence-electron chi connectivity index (χ3n) is 5.85. The first kappa shape index (κ1) is 24.9. The summed E-state index contributed by atoms with van der Waals surface area (Å²) in [5.41, 5.74) is 5.65. The molecule has 0 atom stereocenters. The SMILES string of the molecule is Cc1ccc(N=C2S/C(=C\c3ccccc3OCc3cccc(Cl)c3)C(=O)N2c2ccc(C)cc2)cc1. The van der Waals surface area contributed by atoms with E-state index in [2.05, 4.69) is 0 Å². The van der Waals surface area contributed by atoms with Gasteiger partial charge in [0.15, 0.2) is 5.17 Å². The van der Waals surface area contributed by atoms with Crippen LogP contribution in [0.25, 0.3) is 6.08 Å². The van der Waals surface area contributed by atoms with Gasteiger partial charge in [-0.2, -0.15) is 0 Å². The van der Waals surface area contributed by atoms with Gasteiger partial charge in [-0.05, 0) is 79.7 Å². The molecule has 5 rings (SSSR count). The zero-order chi connectivity index (χ0) is 25.8. The lowest BCUT2D eigenvalue weighted by Crippen LogP contribution is -2.28. The molecule has 0 aromatic heterocycles. The van der Waals surface area contributed by atoms with E-state index >= 15 is 0 Å². The Morgan fingerprint density at radius 1 is 0.892 bits per heavy atom. The number of amidine groups is 1. The van der Waals surface area contributed by atoms with Gasteiger partial charge < -0.3 is 4.74 Å². The Balaban J connectivity index is 1.48. The lowest BCUT2D eigenvalue weighted by atomic mass is 10.1. The second-order valence-electron chi connectivity index (χ2n) is 8.77. The number of thioether (sulfide) groups is 1. The van der Waals surface area contributed by atoms with E-state index in [1.54, 1.807) is 4.90 Å². The number of hydrogen-bond acceptors (Lipinski definition) is 4. The molecule has 4 aromatic carbocycles. The smallest absolute Gasteiger partial charge is 0.271 e. The van der Waals surface area contributed by atoms with E-state index in [9.17, 15) is 4.79 Å². The third-order valence-corrected chi connectivity index (χ3v) is 7.05. The number of aliphatic imine (C=N–C) groups is 1. The molecule has 37 heavy (non-hydrogen) atoms. The predicted molar refractivity (Wildman–Crippen MR) is 155 cm³/mol. The van der Waals surface area contributed by atoms with Crippen molar-refractivity contribution >= 4 is 51.9 Å². The van der Waals surface area contributed by atoms with Gasteiger partial charge in [0.1, 0.15) is 12.4 Å². The molecule has 1 amide bonds. The number of halogens is 1. The minimum Gasteiger partial charge on any atom is -0.488 e. The van der Waals surface area contributed by atoms with Gasteiger partial charge in [-0.15, -0.1) is 0 Å². The first-order chi connectivity index (χ1) is 18.0. The van der Waals surface area contributed by atoms with E-state index in [1.165, 1.54) is 11.8 Å². The van der Waals surface area contributed by atoms with Gasteiger partial charge in [0.25, 0.3) is 5.91 Å². The largest absolute Gasteiger partial charge is 0.488 e. The van der Waals surface area contributed by atoms with Crippen LogP contribution in [-0.2, 0) is 11.4 Å². The predicted octanol–water partition coefficient (Wildman–Crippen LogP) is 8.34. The second-order valence-corrected chi connectivity index (χ2v) is 10.2. The number of ether oxygens (including phenoxy) is 1. The molecule has 0 spiro atoms. The highest BCUT2D eigenvalue weighted by Crippen LogP contribution is 2.38. The quantitative estimate of drug-likeness (QED) is 0.238. The van der Waals surface area contributed by atoms with Crippen LogP contribution in [0.2, 0.25) is 5.02 Å². The number of aryl methyl sites for hydroxylation is 2. The lowest BCUT2D eigenvalue weighted by Gasteiger charge is -2.16. The van der Waals surface area contributed by atoms with Crippen molar-refractivity contribution in [2.45, 2.75) is 20.5 Å². The molecule has 0 N–H and O–H groups in total. The van der Waals surface area contributed by atoms with Crippen molar-refractivity contribution in [1.82, 2.24) is 0 Å². The van der Waals surface area contributed by atoms with E-state index in [0.29, 0.717) is 27.5 Å². The summed E-state index contributed by atoms with van der Waals surface area (Å²) in [5.74, 6) is 0.568. The van der Waals surface area contributed by atoms with Gasteiger partial charge in [0, 0.05) is 10.6 Å². The van der Waals surface area contributed by atoms with E-state index < -0.39 is 0 Å². The Labute approximate surface area is 226 Å². The molecule has 1 aliphatic rings. The van der Waals surface area contributed by atoms with Crippen molar-refractivity contribution in [2.75, 3.05) is 4.90 Å². The van der Waals surface area contributed by atoms with Crippen LogP contribution in [0.1, 0.15) is 22.3 Å². The van der Waals surface area contributed by atoms with Crippen LogP contribution < -0.4 is 9.64 Å². The molecule has 0 unspecified atom stereocenters. The van der Waals surface area contributed by atoms with Crippen molar-refractivity contribution in [3.8, 4) is 5.75 Å². The number of benzene rings is 4.